The van der Waals surface area contributed by atoms with Crippen molar-refractivity contribution in [2.75, 3.05) is 0 Å². The molecule has 6 nitrogen and oxygen atoms in total. The lowest BCUT2D eigenvalue weighted by Crippen LogP contribution is -2.47. The van der Waals surface area contributed by atoms with Crippen molar-refractivity contribution in [2.45, 2.75) is 91.8 Å². The lowest BCUT2D eigenvalue weighted by atomic mass is 9.70. The molecule has 2 aromatic rings. The third-order valence-electron chi connectivity index (χ3n) is 10.1. The first-order chi connectivity index (χ1) is 19.9. The molecule has 0 radical (unpaired) electrons. The number of aliphatic carboxylic acids is 1. The van der Waals surface area contributed by atoms with Gasteiger partial charge in [-0.25, -0.2) is 17.2 Å². The first kappa shape index (κ1) is 31.6. The zero-order valence-corrected chi connectivity index (χ0v) is 24.3. The first-order valence-corrected chi connectivity index (χ1v) is 15.8. The van der Waals surface area contributed by atoms with E-state index in [1.807, 2.05) is 0 Å². The topological polar surface area (TPSA) is 109 Å². The summed E-state index contributed by atoms with van der Waals surface area (Å²) in [5.41, 5.74) is -5.52. The fraction of sp³-hybridized carbons (Fsp3) is 0.548. The van der Waals surface area contributed by atoms with E-state index in [1.165, 1.54) is 6.07 Å². The van der Waals surface area contributed by atoms with Crippen LogP contribution in [0.25, 0.3) is 0 Å². The van der Waals surface area contributed by atoms with Gasteiger partial charge in [0, 0.05) is 6.42 Å². The molecule has 0 saturated heterocycles. The second kappa shape index (κ2) is 10.6. The number of hydrogen-bond donors (Lipinski definition) is 2. The van der Waals surface area contributed by atoms with Gasteiger partial charge in [0.25, 0.3) is 0 Å². The molecule has 0 bridgehead atoms. The monoisotopic (exact) mass is 628 g/mol. The number of carbonyl (C=O) groups excluding carboxylic acids is 1. The summed E-state index contributed by atoms with van der Waals surface area (Å²) in [4.78, 5) is 24.6. The Hall–Kier alpha value is -2.86. The van der Waals surface area contributed by atoms with E-state index in [4.69, 9.17) is 0 Å². The van der Waals surface area contributed by atoms with Crippen LogP contribution in [0.2, 0.25) is 0 Å². The number of ketones is 1. The third kappa shape index (κ3) is 5.08. The Kier molecular flexibility index (Phi) is 7.81. The van der Waals surface area contributed by atoms with Crippen LogP contribution in [0.3, 0.4) is 0 Å². The maximum Gasteiger partial charge on any atom is 0.426 e. The van der Waals surface area contributed by atoms with Crippen LogP contribution in [0, 0.1) is 23.6 Å². The van der Waals surface area contributed by atoms with Gasteiger partial charge in [-0.15, -0.1) is 0 Å². The third-order valence-corrected chi connectivity index (χ3v) is 12.7. The number of carboxylic acid groups (broad SMARTS) is 1. The second-order valence-electron chi connectivity index (χ2n) is 12.4. The number of aliphatic hydroxyl groups is 1. The number of carbonyl (C=O) groups is 2. The maximum atomic E-state index is 14.9. The van der Waals surface area contributed by atoms with Gasteiger partial charge >= 0.3 is 12.1 Å². The van der Waals surface area contributed by atoms with E-state index in [2.05, 4.69) is 0 Å². The Bertz CT molecular complexity index is 1530. The number of fused-ring (bicyclic) bond motifs is 3. The minimum absolute atomic E-state index is 0.0212. The molecule has 234 valence electrons. The average Bonchev–Trinajstić information content (AvgIpc) is 3.32. The Balaban J connectivity index is 1.54. The van der Waals surface area contributed by atoms with Crippen LogP contribution in [0.1, 0.15) is 75.0 Å². The van der Waals surface area contributed by atoms with Crippen molar-refractivity contribution in [3.05, 3.63) is 65.0 Å². The lowest BCUT2D eigenvalue weighted by Gasteiger charge is -2.43. The molecule has 0 aliphatic heterocycles. The predicted octanol–water partition coefficient (Wildman–Crippen LogP) is 6.18. The van der Waals surface area contributed by atoms with E-state index in [0.717, 1.165) is 36.4 Å². The summed E-state index contributed by atoms with van der Waals surface area (Å²) in [5.74, 6) is -3.96. The normalized spacial score (nSPS) is 30.6. The maximum absolute atomic E-state index is 14.9. The van der Waals surface area contributed by atoms with Crippen LogP contribution in [-0.4, -0.2) is 42.2 Å². The molecule has 5 rings (SSSR count). The minimum Gasteiger partial charge on any atom is -0.481 e. The van der Waals surface area contributed by atoms with Gasteiger partial charge in [-0.05, 0) is 111 Å². The van der Waals surface area contributed by atoms with Gasteiger partial charge in [0.05, 0.1) is 10.8 Å². The number of aryl methyl sites for hydroxylation is 1. The number of halogens is 5. The molecule has 0 aromatic heterocycles. The van der Waals surface area contributed by atoms with Crippen molar-refractivity contribution in [1.82, 2.24) is 0 Å². The number of carboxylic acids is 1. The number of hydrogen-bond acceptors (Lipinski definition) is 5. The lowest BCUT2D eigenvalue weighted by molar-refractivity contribution is -0.228. The number of alkyl halides is 4. The van der Waals surface area contributed by atoms with Gasteiger partial charge in [-0.2, -0.15) is 13.2 Å². The van der Waals surface area contributed by atoms with Crippen molar-refractivity contribution in [3.63, 3.8) is 0 Å². The van der Waals surface area contributed by atoms with Crippen LogP contribution in [0.4, 0.5) is 22.0 Å². The molecule has 4 atom stereocenters. The average molecular weight is 629 g/mol. The molecule has 0 amide bonds. The van der Waals surface area contributed by atoms with Gasteiger partial charge in [-0.1, -0.05) is 18.2 Å². The highest BCUT2D eigenvalue weighted by Crippen LogP contribution is 2.60. The fourth-order valence-electron chi connectivity index (χ4n) is 7.55. The largest absolute Gasteiger partial charge is 0.481 e. The highest BCUT2D eigenvalue weighted by atomic mass is 32.2. The van der Waals surface area contributed by atoms with Crippen LogP contribution in [0.5, 0.6) is 0 Å². The van der Waals surface area contributed by atoms with Gasteiger partial charge in [-0.3, -0.25) is 9.59 Å². The molecule has 43 heavy (non-hydrogen) atoms. The summed E-state index contributed by atoms with van der Waals surface area (Å²) in [6.07, 6.45) is -4.50. The molecule has 2 aromatic carbocycles. The summed E-state index contributed by atoms with van der Waals surface area (Å²) < 4.78 is 96.4. The molecule has 2 fully saturated rings. The summed E-state index contributed by atoms with van der Waals surface area (Å²) in [6, 6.07) is 7.53. The second-order valence-corrected chi connectivity index (χ2v) is 14.6. The highest BCUT2D eigenvalue weighted by molar-refractivity contribution is 7.92. The van der Waals surface area contributed by atoms with Gasteiger partial charge < -0.3 is 10.2 Å². The highest BCUT2D eigenvalue weighted by Gasteiger charge is 2.61. The number of sulfone groups is 1. The Labute approximate surface area is 246 Å². The van der Waals surface area contributed by atoms with Crippen molar-refractivity contribution in [3.8, 4) is 0 Å². The van der Waals surface area contributed by atoms with Crippen LogP contribution in [-0.2, 0) is 36.3 Å². The standard InChI is InChI=1S/C31H33F5O6S/c1-28(33,31(34,35)36)21-3-9-25-19(16-21)2-8-24-20(17-26(37)29(40)13-10-18(11-14-29)27(38)39)12-15-30(24,25)43(41,42)23-6-4-22(32)5-7-23/h3-7,9,16,18,20,24,40H,2,8,10-15,17H2,1H3,(H,38,39)/t18?,20-,24-,28?,29?,30-/m0/s1. The van der Waals surface area contributed by atoms with E-state index in [-0.39, 0.29) is 73.8 Å². The minimum atomic E-state index is -5.20. The Morgan fingerprint density at radius 3 is 2.16 bits per heavy atom. The van der Waals surface area contributed by atoms with Crippen LogP contribution >= 0.6 is 0 Å². The quantitative estimate of drug-likeness (QED) is 0.280. The van der Waals surface area contributed by atoms with E-state index >= 15 is 0 Å². The van der Waals surface area contributed by atoms with Crippen LogP contribution < -0.4 is 0 Å². The molecular formula is C31H33F5O6S. The zero-order valence-electron chi connectivity index (χ0n) is 23.5. The zero-order chi connectivity index (χ0) is 31.6. The number of benzene rings is 2. The number of rotatable bonds is 7. The molecule has 2 saturated carbocycles. The van der Waals surface area contributed by atoms with Crippen molar-refractivity contribution < 1.29 is 50.2 Å². The van der Waals surface area contributed by atoms with Crippen molar-refractivity contribution in [2.24, 2.45) is 17.8 Å². The molecule has 1 unspecified atom stereocenters. The van der Waals surface area contributed by atoms with E-state index in [9.17, 15) is 50.2 Å². The molecule has 0 spiro atoms. The van der Waals surface area contributed by atoms with E-state index < -0.39 is 72.9 Å². The predicted molar refractivity (Wildman–Crippen MR) is 145 cm³/mol. The molecular weight excluding hydrogens is 595 g/mol. The fourth-order valence-corrected chi connectivity index (χ4v) is 10.0. The summed E-state index contributed by atoms with van der Waals surface area (Å²) >= 11 is 0. The van der Waals surface area contributed by atoms with Gasteiger partial charge in [0.1, 0.15) is 16.2 Å². The summed E-state index contributed by atoms with van der Waals surface area (Å²) in [5, 5.41) is 20.4. The van der Waals surface area contributed by atoms with Gasteiger partial charge in [0.2, 0.25) is 5.67 Å². The molecule has 3 aliphatic carbocycles. The van der Waals surface area contributed by atoms with Gasteiger partial charge in [0.15, 0.2) is 15.6 Å². The summed E-state index contributed by atoms with van der Waals surface area (Å²) in [7, 11) is -4.31. The van der Waals surface area contributed by atoms with Crippen molar-refractivity contribution in [1.29, 1.82) is 0 Å². The first-order valence-electron chi connectivity index (χ1n) is 14.3. The van der Waals surface area contributed by atoms with Crippen molar-refractivity contribution >= 4 is 21.6 Å². The van der Waals surface area contributed by atoms with E-state index in [1.54, 1.807) is 0 Å². The van der Waals surface area contributed by atoms with E-state index in [0.29, 0.717) is 6.92 Å². The molecule has 12 heteroatoms. The number of Topliss-reactive ketones (excluding diaryl/α,β-unsaturated/α-hetero) is 1. The summed E-state index contributed by atoms with van der Waals surface area (Å²) in [6.45, 7) is 0.414. The molecule has 3 aliphatic rings. The smallest absolute Gasteiger partial charge is 0.426 e. The Morgan fingerprint density at radius 1 is 0.953 bits per heavy atom. The molecule has 0 heterocycles. The SMILES string of the molecule is CC(F)(c1ccc2c(c1)CC[C@H]1[C@H](CC(=O)C3(O)CCC(C(=O)O)CC3)CC[C@@]21S(=O)(=O)c1ccc(F)cc1)C(F)(F)F. The Morgan fingerprint density at radius 2 is 1.58 bits per heavy atom. The molecule has 2 N–H and O–H groups in total. The van der Waals surface area contributed by atoms with Crippen LogP contribution in [0.15, 0.2) is 47.4 Å².